The minimum Gasteiger partial charge on any atom is -0.358 e. The Labute approximate surface area is 114 Å². The van der Waals surface area contributed by atoms with Crippen LogP contribution in [0.4, 0.5) is 0 Å². The number of carbonyl (C=O) groups excluding carboxylic acids is 1. The Morgan fingerprint density at radius 1 is 1.00 bits per heavy atom. The van der Waals surface area contributed by atoms with E-state index in [9.17, 15) is 19.2 Å². The molecule has 1 heterocycles. The quantitative estimate of drug-likeness (QED) is 0.628. The van der Waals surface area contributed by atoms with Crippen LogP contribution in [0.1, 0.15) is 0 Å². The molecule has 0 aromatic carbocycles. The maximum atomic E-state index is 12.1. The van der Waals surface area contributed by atoms with Crippen LogP contribution in [0.15, 0.2) is 39.7 Å². The molecule has 0 radical (unpaired) electrons. The van der Waals surface area contributed by atoms with E-state index < -0.39 is 29.5 Å². The predicted octanol–water partition coefficient (Wildman–Crippen LogP) is -1.71. The van der Waals surface area contributed by atoms with E-state index >= 15 is 0 Å². The van der Waals surface area contributed by atoms with Crippen LogP contribution in [0.5, 0.6) is 0 Å². The number of hydrogen-bond donors (Lipinski definition) is 1. The summed E-state index contributed by atoms with van der Waals surface area (Å²) in [7, 11) is 1.38. The Morgan fingerprint density at radius 3 is 1.75 bits per heavy atom. The molecule has 1 N–H and O–H groups in total. The van der Waals surface area contributed by atoms with Crippen LogP contribution in [0, 0.1) is 0 Å². The molecular formula is C12H16N4O4. The summed E-state index contributed by atoms with van der Waals surface area (Å²) >= 11 is 0. The number of allylic oxidation sites excluding steroid dienone is 2. The van der Waals surface area contributed by atoms with Gasteiger partial charge in [0.1, 0.15) is 6.54 Å². The fourth-order valence-corrected chi connectivity index (χ4v) is 1.61. The fraction of sp³-hybridized carbons (Fsp3) is 0.333. The highest BCUT2D eigenvalue weighted by molar-refractivity contribution is 5.75. The molecular weight excluding hydrogens is 264 g/mol. The summed E-state index contributed by atoms with van der Waals surface area (Å²) in [5.41, 5.74) is -2.44. The maximum absolute atomic E-state index is 12.1. The molecule has 1 aromatic heterocycles. The van der Waals surface area contributed by atoms with Crippen molar-refractivity contribution < 1.29 is 4.79 Å². The van der Waals surface area contributed by atoms with Gasteiger partial charge >= 0.3 is 17.1 Å². The molecule has 0 saturated heterocycles. The molecule has 8 heteroatoms. The van der Waals surface area contributed by atoms with E-state index in [1.54, 1.807) is 0 Å². The van der Waals surface area contributed by atoms with Gasteiger partial charge in [-0.15, -0.1) is 13.2 Å². The van der Waals surface area contributed by atoms with Gasteiger partial charge in [-0.3, -0.25) is 4.79 Å². The second-order valence-electron chi connectivity index (χ2n) is 3.91. The van der Waals surface area contributed by atoms with Crippen molar-refractivity contribution in [2.24, 2.45) is 0 Å². The monoisotopic (exact) mass is 280 g/mol. The van der Waals surface area contributed by atoms with Gasteiger partial charge in [-0.05, 0) is 0 Å². The van der Waals surface area contributed by atoms with Gasteiger partial charge < -0.3 is 5.32 Å². The lowest BCUT2D eigenvalue weighted by molar-refractivity contribution is -0.121. The van der Waals surface area contributed by atoms with Crippen LogP contribution in [0.2, 0.25) is 0 Å². The average Bonchev–Trinajstić information content (AvgIpc) is 2.44. The van der Waals surface area contributed by atoms with Crippen molar-refractivity contribution in [1.82, 2.24) is 19.0 Å². The number of nitrogens with zero attached hydrogens (tertiary/aromatic N) is 3. The molecule has 1 aromatic rings. The zero-order valence-corrected chi connectivity index (χ0v) is 11.2. The molecule has 0 aliphatic carbocycles. The largest absolute Gasteiger partial charge is 0.358 e. The van der Waals surface area contributed by atoms with Crippen molar-refractivity contribution >= 4 is 5.91 Å². The third-order valence-corrected chi connectivity index (χ3v) is 2.59. The van der Waals surface area contributed by atoms with E-state index in [4.69, 9.17) is 0 Å². The van der Waals surface area contributed by atoms with Crippen LogP contribution < -0.4 is 22.4 Å². The van der Waals surface area contributed by atoms with E-state index in [-0.39, 0.29) is 13.1 Å². The van der Waals surface area contributed by atoms with Crippen LogP contribution in [-0.2, 0) is 24.4 Å². The standard InChI is InChI=1S/C12H16N4O4/c1-4-6-14-10(18)15(7-5-2)12(20)16(11(14)19)8-9(17)13-3/h4-5H,1-2,6-8H2,3H3,(H,13,17). The SMILES string of the molecule is C=CCn1c(=O)n(CC=C)c(=O)n(CC(=O)NC)c1=O. The molecule has 0 unspecified atom stereocenters. The fourth-order valence-electron chi connectivity index (χ4n) is 1.61. The molecule has 108 valence electrons. The van der Waals surface area contributed by atoms with Crippen molar-refractivity contribution in [3.05, 3.63) is 56.8 Å². The second-order valence-corrected chi connectivity index (χ2v) is 3.91. The van der Waals surface area contributed by atoms with Gasteiger partial charge in [0.25, 0.3) is 0 Å². The molecule has 0 spiro atoms. The lowest BCUT2D eigenvalue weighted by Gasteiger charge is -2.11. The van der Waals surface area contributed by atoms with Crippen molar-refractivity contribution in [1.29, 1.82) is 0 Å². The van der Waals surface area contributed by atoms with Gasteiger partial charge in [-0.25, -0.2) is 28.1 Å². The van der Waals surface area contributed by atoms with Crippen LogP contribution in [0.25, 0.3) is 0 Å². The molecule has 1 rings (SSSR count). The molecule has 0 aliphatic rings. The van der Waals surface area contributed by atoms with Gasteiger partial charge in [0.2, 0.25) is 5.91 Å². The molecule has 0 atom stereocenters. The number of hydrogen-bond acceptors (Lipinski definition) is 4. The highest BCUT2D eigenvalue weighted by Crippen LogP contribution is 1.79. The number of nitrogens with one attached hydrogen (secondary N) is 1. The van der Waals surface area contributed by atoms with Gasteiger partial charge in [0.05, 0.1) is 13.1 Å². The number of amides is 1. The summed E-state index contributed by atoms with van der Waals surface area (Å²) in [6.45, 7) is 6.34. The summed E-state index contributed by atoms with van der Waals surface area (Å²) in [4.78, 5) is 47.5. The van der Waals surface area contributed by atoms with Crippen LogP contribution in [0.3, 0.4) is 0 Å². The second kappa shape index (κ2) is 6.50. The first-order valence-electron chi connectivity index (χ1n) is 5.84. The topological polar surface area (TPSA) is 95.1 Å². The van der Waals surface area contributed by atoms with Crippen molar-refractivity contribution in [3.8, 4) is 0 Å². The van der Waals surface area contributed by atoms with E-state index in [0.717, 1.165) is 9.13 Å². The Morgan fingerprint density at radius 2 is 1.40 bits per heavy atom. The molecule has 8 nitrogen and oxygen atoms in total. The maximum Gasteiger partial charge on any atom is 0.337 e. The van der Waals surface area contributed by atoms with Crippen molar-refractivity contribution in [2.75, 3.05) is 7.05 Å². The third-order valence-electron chi connectivity index (χ3n) is 2.59. The average molecular weight is 280 g/mol. The zero-order chi connectivity index (χ0) is 15.3. The highest BCUT2D eigenvalue weighted by Gasteiger charge is 2.15. The van der Waals surface area contributed by atoms with Crippen molar-refractivity contribution in [3.63, 3.8) is 0 Å². The normalized spacial score (nSPS) is 10.1. The minimum absolute atomic E-state index is 0.0527. The summed E-state index contributed by atoms with van der Waals surface area (Å²) in [5, 5.41) is 2.31. The molecule has 0 aliphatic heterocycles. The molecule has 0 fully saturated rings. The van der Waals surface area contributed by atoms with Gasteiger partial charge in [-0.2, -0.15) is 0 Å². The molecule has 20 heavy (non-hydrogen) atoms. The highest BCUT2D eigenvalue weighted by atomic mass is 16.2. The molecule has 0 saturated carbocycles. The molecule has 0 bridgehead atoms. The number of likely N-dealkylation sites (N-methyl/N-ethyl adjacent to an activating group) is 1. The smallest absolute Gasteiger partial charge is 0.337 e. The Balaban J connectivity index is 3.66. The number of rotatable bonds is 6. The Kier molecular flexibility index (Phi) is 5.01. The first-order valence-corrected chi connectivity index (χ1v) is 5.84. The van der Waals surface area contributed by atoms with E-state index in [0.29, 0.717) is 4.57 Å². The Bertz CT molecular complexity index is 659. The first-order chi connectivity index (χ1) is 9.47. The number of carbonyl (C=O) groups is 1. The summed E-state index contributed by atoms with van der Waals surface area (Å²) in [5.74, 6) is -0.516. The van der Waals surface area contributed by atoms with Gasteiger partial charge in [0, 0.05) is 7.05 Å². The van der Waals surface area contributed by atoms with Crippen LogP contribution in [-0.4, -0.2) is 26.7 Å². The van der Waals surface area contributed by atoms with E-state index in [1.165, 1.54) is 19.2 Å². The van der Waals surface area contributed by atoms with Gasteiger partial charge in [0.15, 0.2) is 0 Å². The molecule has 1 amide bonds. The minimum atomic E-state index is -0.844. The van der Waals surface area contributed by atoms with Crippen molar-refractivity contribution in [2.45, 2.75) is 19.6 Å². The lowest BCUT2D eigenvalue weighted by Crippen LogP contribution is -2.55. The predicted molar refractivity (Wildman–Crippen MR) is 73.7 cm³/mol. The Hall–Kier alpha value is -2.64. The lowest BCUT2D eigenvalue weighted by atomic mass is 10.5. The summed E-state index contributed by atoms with van der Waals surface area (Å²) in [6.07, 6.45) is 2.71. The summed E-state index contributed by atoms with van der Waals surface area (Å²) < 4.78 is 2.37. The van der Waals surface area contributed by atoms with E-state index in [1.807, 2.05) is 0 Å². The van der Waals surface area contributed by atoms with Gasteiger partial charge in [-0.1, -0.05) is 12.2 Å². The number of aromatic nitrogens is 3. The first kappa shape index (κ1) is 15.4. The summed E-state index contributed by atoms with van der Waals surface area (Å²) in [6, 6.07) is 0. The van der Waals surface area contributed by atoms with E-state index in [2.05, 4.69) is 18.5 Å². The third kappa shape index (κ3) is 2.85. The van der Waals surface area contributed by atoms with Crippen LogP contribution >= 0.6 is 0 Å². The zero-order valence-electron chi connectivity index (χ0n) is 11.2.